The smallest absolute Gasteiger partial charge is 0.319 e. The van der Waals surface area contributed by atoms with E-state index >= 15 is 0 Å². The van der Waals surface area contributed by atoms with Crippen molar-refractivity contribution in [2.45, 2.75) is 22.9 Å². The SMILES string of the molecule is CCOC(=O)[C@@H](Cc1ccccc1Cl)Sc1nnc(N)s1. The van der Waals surface area contributed by atoms with Crippen LogP contribution in [0.25, 0.3) is 0 Å². The fourth-order valence-corrected chi connectivity index (χ4v) is 3.77. The third-order valence-corrected chi connectivity index (χ3v) is 4.96. The van der Waals surface area contributed by atoms with E-state index in [0.717, 1.165) is 5.56 Å². The molecule has 0 unspecified atom stereocenters. The van der Waals surface area contributed by atoms with Crippen molar-refractivity contribution < 1.29 is 9.53 Å². The summed E-state index contributed by atoms with van der Waals surface area (Å²) in [4.78, 5) is 12.1. The molecule has 1 aromatic heterocycles. The number of nitrogen functional groups attached to an aromatic ring is 1. The van der Waals surface area contributed by atoms with Gasteiger partial charge in [0, 0.05) is 5.02 Å². The highest BCUT2D eigenvalue weighted by atomic mass is 35.5. The maximum Gasteiger partial charge on any atom is 0.319 e. The largest absolute Gasteiger partial charge is 0.465 e. The zero-order chi connectivity index (χ0) is 15.2. The van der Waals surface area contributed by atoms with Gasteiger partial charge in [-0.2, -0.15) is 0 Å². The van der Waals surface area contributed by atoms with Crippen LogP contribution in [0.3, 0.4) is 0 Å². The molecule has 1 aromatic carbocycles. The summed E-state index contributed by atoms with van der Waals surface area (Å²) >= 11 is 8.69. The number of carbonyl (C=O) groups is 1. The van der Waals surface area contributed by atoms with E-state index in [0.29, 0.717) is 27.5 Å². The number of halogens is 1. The third-order valence-electron chi connectivity index (χ3n) is 2.58. The molecule has 0 bridgehead atoms. The average molecular weight is 344 g/mol. The molecule has 0 aliphatic rings. The summed E-state index contributed by atoms with van der Waals surface area (Å²) in [7, 11) is 0. The van der Waals surface area contributed by atoms with Crippen LogP contribution in [0.1, 0.15) is 12.5 Å². The number of nitrogens with zero attached hydrogens (tertiary/aromatic N) is 2. The molecule has 2 rings (SSSR count). The van der Waals surface area contributed by atoms with Crippen molar-refractivity contribution in [1.29, 1.82) is 0 Å². The molecule has 0 aliphatic carbocycles. The Hall–Kier alpha value is -1.31. The molecule has 1 heterocycles. The lowest BCUT2D eigenvalue weighted by Crippen LogP contribution is -2.22. The quantitative estimate of drug-likeness (QED) is 0.641. The van der Waals surface area contributed by atoms with Crippen LogP contribution in [0.5, 0.6) is 0 Å². The number of nitrogens with two attached hydrogens (primary N) is 1. The highest BCUT2D eigenvalue weighted by molar-refractivity contribution is 8.02. The normalized spacial score (nSPS) is 12.1. The van der Waals surface area contributed by atoms with E-state index in [2.05, 4.69) is 10.2 Å². The molecule has 8 heteroatoms. The number of aromatic nitrogens is 2. The Balaban J connectivity index is 2.16. The number of thioether (sulfide) groups is 1. The minimum absolute atomic E-state index is 0.295. The molecule has 0 saturated carbocycles. The minimum Gasteiger partial charge on any atom is -0.465 e. The maximum absolute atomic E-state index is 12.1. The van der Waals surface area contributed by atoms with Crippen molar-refractivity contribution in [3.63, 3.8) is 0 Å². The Morgan fingerprint density at radius 3 is 2.86 bits per heavy atom. The first-order valence-electron chi connectivity index (χ1n) is 6.25. The molecule has 2 aromatic rings. The van der Waals surface area contributed by atoms with Gasteiger partial charge < -0.3 is 10.5 Å². The molecule has 112 valence electrons. The molecule has 5 nitrogen and oxygen atoms in total. The molecule has 2 N–H and O–H groups in total. The van der Waals surface area contributed by atoms with Crippen molar-refractivity contribution in [3.05, 3.63) is 34.9 Å². The van der Waals surface area contributed by atoms with Crippen molar-refractivity contribution >= 4 is 45.8 Å². The van der Waals surface area contributed by atoms with Gasteiger partial charge in [-0.25, -0.2) is 0 Å². The van der Waals surface area contributed by atoms with Crippen molar-refractivity contribution in [1.82, 2.24) is 10.2 Å². The van der Waals surface area contributed by atoms with Crippen LogP contribution in [0.4, 0.5) is 5.13 Å². The summed E-state index contributed by atoms with van der Waals surface area (Å²) in [5, 5.41) is 8.24. The van der Waals surface area contributed by atoms with Gasteiger partial charge in [-0.15, -0.1) is 10.2 Å². The Morgan fingerprint density at radius 1 is 1.48 bits per heavy atom. The predicted molar refractivity (Wildman–Crippen MR) is 85.8 cm³/mol. The first kappa shape index (κ1) is 16.1. The number of esters is 1. The van der Waals surface area contributed by atoms with E-state index in [4.69, 9.17) is 22.1 Å². The van der Waals surface area contributed by atoms with Crippen LogP contribution in [-0.2, 0) is 16.0 Å². The van der Waals surface area contributed by atoms with Crippen LogP contribution >= 0.6 is 34.7 Å². The first-order valence-corrected chi connectivity index (χ1v) is 8.33. The molecule has 0 spiro atoms. The summed E-state index contributed by atoms with van der Waals surface area (Å²) in [6.07, 6.45) is 0.461. The lowest BCUT2D eigenvalue weighted by molar-refractivity contribution is -0.142. The Bertz CT molecular complexity index is 621. The van der Waals surface area contributed by atoms with E-state index in [-0.39, 0.29) is 5.97 Å². The van der Waals surface area contributed by atoms with E-state index in [1.54, 1.807) is 13.0 Å². The summed E-state index contributed by atoms with van der Waals surface area (Å²) in [6.45, 7) is 2.11. The molecule has 0 radical (unpaired) electrons. The number of anilines is 1. The van der Waals surface area contributed by atoms with Gasteiger partial charge in [0.15, 0.2) is 4.34 Å². The lowest BCUT2D eigenvalue weighted by atomic mass is 10.1. The Morgan fingerprint density at radius 2 is 2.24 bits per heavy atom. The van der Waals surface area contributed by atoms with Crippen LogP contribution in [-0.4, -0.2) is 28.0 Å². The number of rotatable bonds is 6. The Kier molecular flexibility index (Phi) is 5.84. The van der Waals surface area contributed by atoms with Crippen molar-refractivity contribution in [2.75, 3.05) is 12.3 Å². The number of ether oxygens (including phenoxy) is 1. The fraction of sp³-hybridized carbons (Fsp3) is 0.308. The Labute approximate surface area is 135 Å². The van der Waals surface area contributed by atoms with Gasteiger partial charge in [-0.05, 0) is 25.0 Å². The van der Waals surface area contributed by atoms with Gasteiger partial charge in [-0.3, -0.25) is 4.79 Å². The average Bonchev–Trinajstić information content (AvgIpc) is 2.86. The molecule has 0 saturated heterocycles. The lowest BCUT2D eigenvalue weighted by Gasteiger charge is -2.14. The topological polar surface area (TPSA) is 78.1 Å². The maximum atomic E-state index is 12.1. The molecule has 0 amide bonds. The molecular weight excluding hydrogens is 330 g/mol. The van der Waals surface area contributed by atoms with E-state index < -0.39 is 5.25 Å². The summed E-state index contributed by atoms with van der Waals surface area (Å²) in [5.41, 5.74) is 6.45. The number of hydrogen-bond donors (Lipinski definition) is 1. The molecule has 1 atom stereocenters. The van der Waals surface area contributed by atoms with Gasteiger partial charge >= 0.3 is 5.97 Å². The van der Waals surface area contributed by atoms with Gasteiger partial charge in [0.05, 0.1) is 6.61 Å². The van der Waals surface area contributed by atoms with E-state index in [1.165, 1.54) is 23.1 Å². The second-order valence-corrected chi connectivity index (χ2v) is 6.93. The minimum atomic E-state index is -0.433. The number of carbonyl (C=O) groups excluding carboxylic acids is 1. The van der Waals surface area contributed by atoms with E-state index in [9.17, 15) is 4.79 Å². The van der Waals surface area contributed by atoms with Crippen LogP contribution < -0.4 is 5.73 Å². The molecule has 0 aliphatic heterocycles. The van der Waals surface area contributed by atoms with Crippen LogP contribution in [0.15, 0.2) is 28.6 Å². The monoisotopic (exact) mass is 343 g/mol. The zero-order valence-electron chi connectivity index (χ0n) is 11.3. The number of hydrogen-bond acceptors (Lipinski definition) is 7. The standard InChI is InChI=1S/C13H14ClN3O2S2/c1-2-19-11(18)10(20-13-17-16-12(15)21-13)7-8-5-3-4-6-9(8)14/h3-6,10H,2,7H2,1H3,(H2,15,16)/t10-/m1/s1. The fourth-order valence-electron chi connectivity index (χ4n) is 1.66. The van der Waals surface area contributed by atoms with E-state index in [1.807, 2.05) is 18.2 Å². The highest BCUT2D eigenvalue weighted by Crippen LogP contribution is 2.31. The summed E-state index contributed by atoms with van der Waals surface area (Å²) < 4.78 is 5.75. The molecule has 0 fully saturated rings. The predicted octanol–water partition coefficient (Wildman–Crippen LogP) is 3.04. The molecule has 21 heavy (non-hydrogen) atoms. The second-order valence-electron chi connectivity index (χ2n) is 4.06. The van der Waals surface area contributed by atoms with Crippen LogP contribution in [0, 0.1) is 0 Å². The second kappa shape index (κ2) is 7.63. The summed E-state index contributed by atoms with van der Waals surface area (Å²) in [6, 6.07) is 7.43. The van der Waals surface area contributed by atoms with Gasteiger partial charge in [0.25, 0.3) is 0 Å². The van der Waals surface area contributed by atoms with Gasteiger partial charge in [0.2, 0.25) is 5.13 Å². The van der Waals surface area contributed by atoms with Crippen LogP contribution in [0.2, 0.25) is 5.02 Å². The van der Waals surface area contributed by atoms with Gasteiger partial charge in [0.1, 0.15) is 5.25 Å². The van der Waals surface area contributed by atoms with Gasteiger partial charge in [-0.1, -0.05) is 52.9 Å². The molecular formula is C13H14ClN3O2S2. The van der Waals surface area contributed by atoms with Crippen molar-refractivity contribution in [3.8, 4) is 0 Å². The number of benzene rings is 1. The summed E-state index contributed by atoms with van der Waals surface area (Å²) in [5.74, 6) is -0.295. The highest BCUT2D eigenvalue weighted by Gasteiger charge is 2.24. The van der Waals surface area contributed by atoms with Crippen molar-refractivity contribution in [2.24, 2.45) is 0 Å². The zero-order valence-corrected chi connectivity index (χ0v) is 13.7. The third kappa shape index (κ3) is 4.59. The first-order chi connectivity index (χ1) is 10.1.